The summed E-state index contributed by atoms with van der Waals surface area (Å²) in [5, 5.41) is 11.1. The van der Waals surface area contributed by atoms with E-state index in [-0.39, 0.29) is 17.4 Å². The Morgan fingerprint density at radius 2 is 1.93 bits per heavy atom. The number of aromatic nitrogens is 5. The number of hydrogen-bond acceptors (Lipinski definition) is 7. The summed E-state index contributed by atoms with van der Waals surface area (Å²) in [6, 6.07) is 5.50. The van der Waals surface area contributed by atoms with Crippen molar-refractivity contribution in [1.82, 2.24) is 29.6 Å². The van der Waals surface area contributed by atoms with Crippen LogP contribution < -0.4 is 10.6 Å². The summed E-state index contributed by atoms with van der Waals surface area (Å²) in [6.45, 7) is 4.42. The van der Waals surface area contributed by atoms with E-state index in [0.29, 0.717) is 48.0 Å². The number of fused-ring (bicyclic) bond motifs is 1. The highest BCUT2D eigenvalue weighted by atomic mass is 16.5. The minimum atomic E-state index is -0.304. The topological polar surface area (TPSA) is 130 Å². The van der Waals surface area contributed by atoms with E-state index in [9.17, 15) is 9.59 Å². The molecule has 1 saturated heterocycles. The molecule has 0 radical (unpaired) electrons. The van der Waals surface area contributed by atoms with Crippen LogP contribution in [0, 0.1) is 6.92 Å². The molecule has 1 spiro atoms. The minimum absolute atomic E-state index is 0.0572. The Balaban J connectivity index is 1.12. The summed E-state index contributed by atoms with van der Waals surface area (Å²) in [5.41, 5.74) is 4.88. The normalized spacial score (nSPS) is 16.4. The number of pyridine rings is 2. The fraction of sp³-hybridized carbons (Fsp3) is 0.414. The van der Waals surface area contributed by atoms with Crippen LogP contribution in [-0.2, 0) is 16.1 Å². The van der Waals surface area contributed by atoms with E-state index in [1.165, 1.54) is 25.7 Å². The molecule has 6 rings (SSSR count). The van der Waals surface area contributed by atoms with Gasteiger partial charge in [0.15, 0.2) is 0 Å². The number of ether oxygens (including phenoxy) is 1. The van der Waals surface area contributed by atoms with Gasteiger partial charge in [-0.05, 0) is 63.8 Å². The Morgan fingerprint density at radius 3 is 2.73 bits per heavy atom. The van der Waals surface area contributed by atoms with Crippen molar-refractivity contribution in [1.29, 1.82) is 0 Å². The second-order valence-corrected chi connectivity index (χ2v) is 10.8. The number of likely N-dealkylation sites (tertiary alicyclic amines) is 1. The number of aromatic amines is 1. The van der Waals surface area contributed by atoms with Crippen molar-refractivity contribution >= 4 is 34.2 Å². The zero-order valence-electron chi connectivity index (χ0n) is 22.9. The van der Waals surface area contributed by atoms with Gasteiger partial charge in [-0.1, -0.05) is 0 Å². The van der Waals surface area contributed by atoms with E-state index in [1.54, 1.807) is 37.8 Å². The SMILES string of the molecule is COCCn1cc(-c2cc3cc(C(=O)Nc4cc(NC(=O)CN5CCCC56CCC6)cnc4C)cnc3[nH]2)cn1. The van der Waals surface area contributed by atoms with Gasteiger partial charge in [0.05, 0.1) is 60.4 Å². The van der Waals surface area contributed by atoms with Gasteiger partial charge in [-0.25, -0.2) is 4.98 Å². The van der Waals surface area contributed by atoms with Crippen LogP contribution in [0.4, 0.5) is 11.4 Å². The van der Waals surface area contributed by atoms with Crippen molar-refractivity contribution in [3.8, 4) is 11.3 Å². The van der Waals surface area contributed by atoms with Gasteiger partial charge >= 0.3 is 0 Å². The second-order valence-electron chi connectivity index (χ2n) is 10.8. The van der Waals surface area contributed by atoms with Gasteiger partial charge in [0.1, 0.15) is 5.65 Å². The number of rotatable bonds is 9. The number of carbonyl (C=O) groups is 2. The lowest BCUT2D eigenvalue weighted by atomic mass is 9.75. The molecule has 3 N–H and O–H groups in total. The predicted molar refractivity (Wildman–Crippen MR) is 152 cm³/mol. The average Bonchev–Trinajstić information content (AvgIpc) is 3.66. The van der Waals surface area contributed by atoms with Crippen molar-refractivity contribution < 1.29 is 14.3 Å². The summed E-state index contributed by atoms with van der Waals surface area (Å²) in [6.07, 6.45) is 12.9. The van der Waals surface area contributed by atoms with E-state index in [2.05, 4.69) is 35.6 Å². The van der Waals surface area contributed by atoms with Crippen LogP contribution in [0.25, 0.3) is 22.3 Å². The molecular weight excluding hydrogens is 508 g/mol. The Labute approximate surface area is 232 Å². The first-order valence-electron chi connectivity index (χ1n) is 13.8. The first kappa shape index (κ1) is 26.1. The van der Waals surface area contributed by atoms with Crippen LogP contribution in [0.2, 0.25) is 0 Å². The van der Waals surface area contributed by atoms with Crippen molar-refractivity contribution in [2.75, 3.05) is 37.4 Å². The fourth-order valence-electron chi connectivity index (χ4n) is 5.79. The Kier molecular flexibility index (Phi) is 7.07. The van der Waals surface area contributed by atoms with E-state index in [1.807, 2.05) is 23.9 Å². The lowest BCUT2D eigenvalue weighted by Crippen LogP contribution is -2.51. The largest absolute Gasteiger partial charge is 0.383 e. The van der Waals surface area contributed by atoms with Gasteiger partial charge in [-0.2, -0.15) is 5.10 Å². The minimum Gasteiger partial charge on any atom is -0.383 e. The van der Waals surface area contributed by atoms with Crippen LogP contribution >= 0.6 is 0 Å². The van der Waals surface area contributed by atoms with Crippen LogP contribution in [0.5, 0.6) is 0 Å². The lowest BCUT2D eigenvalue weighted by molar-refractivity contribution is -0.119. The van der Waals surface area contributed by atoms with Gasteiger partial charge in [-0.15, -0.1) is 0 Å². The number of methoxy groups -OCH3 is 1. The molecule has 1 saturated carbocycles. The van der Waals surface area contributed by atoms with Crippen LogP contribution in [0.15, 0.2) is 43.0 Å². The second kappa shape index (κ2) is 10.8. The lowest BCUT2D eigenvalue weighted by Gasteiger charge is -2.45. The van der Waals surface area contributed by atoms with Gasteiger partial charge in [0, 0.05) is 36.0 Å². The number of aryl methyl sites for hydroxylation is 1. The van der Waals surface area contributed by atoms with E-state index in [0.717, 1.165) is 29.6 Å². The molecule has 4 aromatic heterocycles. The molecule has 1 aliphatic heterocycles. The van der Waals surface area contributed by atoms with Crippen molar-refractivity contribution in [3.63, 3.8) is 0 Å². The van der Waals surface area contributed by atoms with E-state index in [4.69, 9.17) is 4.74 Å². The van der Waals surface area contributed by atoms with Crippen molar-refractivity contribution in [3.05, 3.63) is 54.2 Å². The molecule has 40 heavy (non-hydrogen) atoms. The summed E-state index contributed by atoms with van der Waals surface area (Å²) < 4.78 is 6.93. The molecule has 1 aliphatic carbocycles. The molecule has 0 bridgehead atoms. The summed E-state index contributed by atoms with van der Waals surface area (Å²) in [5.74, 6) is -0.361. The van der Waals surface area contributed by atoms with Crippen molar-refractivity contribution in [2.24, 2.45) is 0 Å². The Morgan fingerprint density at radius 1 is 1.07 bits per heavy atom. The molecule has 0 unspecified atom stereocenters. The maximum Gasteiger partial charge on any atom is 0.257 e. The maximum absolute atomic E-state index is 13.2. The number of anilines is 2. The molecule has 11 heteroatoms. The monoisotopic (exact) mass is 542 g/mol. The zero-order chi connectivity index (χ0) is 27.7. The molecule has 0 atom stereocenters. The van der Waals surface area contributed by atoms with Crippen LogP contribution in [0.3, 0.4) is 0 Å². The Hall–Kier alpha value is -4.09. The first-order chi connectivity index (χ1) is 19.4. The molecule has 4 aromatic rings. The third-order valence-corrected chi connectivity index (χ3v) is 8.18. The quantitative estimate of drug-likeness (QED) is 0.292. The van der Waals surface area contributed by atoms with Gasteiger partial charge < -0.3 is 20.4 Å². The summed E-state index contributed by atoms with van der Waals surface area (Å²) >= 11 is 0. The third kappa shape index (κ3) is 5.22. The van der Waals surface area contributed by atoms with E-state index < -0.39 is 0 Å². The third-order valence-electron chi connectivity index (χ3n) is 8.18. The molecule has 0 aromatic carbocycles. The van der Waals surface area contributed by atoms with Crippen LogP contribution in [0.1, 0.15) is 48.2 Å². The highest BCUT2D eigenvalue weighted by molar-refractivity contribution is 6.06. The smallest absolute Gasteiger partial charge is 0.257 e. The number of carbonyl (C=O) groups excluding carboxylic acids is 2. The number of nitrogens with one attached hydrogen (secondary N) is 3. The fourth-order valence-corrected chi connectivity index (χ4v) is 5.79. The molecule has 2 amide bonds. The Bertz CT molecular complexity index is 1550. The average molecular weight is 543 g/mol. The molecule has 2 fully saturated rings. The molecule has 2 aliphatic rings. The maximum atomic E-state index is 13.2. The standard InChI is InChI=1S/C29H34N8O3/c1-19-24(13-23(16-30-19)33-26(38)18-36-8-4-7-29(36)5-3-6-29)35-28(39)21-11-20-12-25(34-27(20)31-14-21)22-15-32-37(17-22)9-10-40-2/h11-17H,3-10,18H2,1-2H3,(H,31,34)(H,33,38)(H,35,39). The molecular formula is C29H34N8O3. The summed E-state index contributed by atoms with van der Waals surface area (Å²) in [7, 11) is 1.66. The number of H-pyrrole nitrogens is 1. The van der Waals surface area contributed by atoms with Crippen molar-refractivity contribution in [2.45, 2.75) is 51.1 Å². The van der Waals surface area contributed by atoms with Crippen LogP contribution in [-0.4, -0.2) is 73.8 Å². The zero-order valence-corrected chi connectivity index (χ0v) is 22.9. The first-order valence-corrected chi connectivity index (χ1v) is 13.8. The summed E-state index contributed by atoms with van der Waals surface area (Å²) in [4.78, 5) is 40.5. The predicted octanol–water partition coefficient (Wildman–Crippen LogP) is 3.99. The molecule has 5 heterocycles. The van der Waals surface area contributed by atoms with Gasteiger partial charge in [0.2, 0.25) is 5.91 Å². The highest BCUT2D eigenvalue weighted by Crippen LogP contribution is 2.45. The number of amides is 2. The van der Waals surface area contributed by atoms with Gasteiger partial charge in [-0.3, -0.25) is 24.2 Å². The molecule has 11 nitrogen and oxygen atoms in total. The van der Waals surface area contributed by atoms with Gasteiger partial charge in [0.25, 0.3) is 5.91 Å². The highest BCUT2D eigenvalue weighted by Gasteiger charge is 2.45. The number of hydrogen-bond donors (Lipinski definition) is 3. The molecule has 208 valence electrons. The van der Waals surface area contributed by atoms with E-state index >= 15 is 0 Å². The number of nitrogens with zero attached hydrogens (tertiary/aromatic N) is 5.